The minimum absolute atomic E-state index is 0.0244. The van der Waals surface area contributed by atoms with Crippen LogP contribution in [0.4, 0.5) is 0 Å². The second-order valence-electron chi connectivity index (χ2n) is 6.14. The summed E-state index contributed by atoms with van der Waals surface area (Å²) >= 11 is 0. The van der Waals surface area contributed by atoms with Crippen LogP contribution in [0.5, 0.6) is 0 Å². The van der Waals surface area contributed by atoms with Crippen molar-refractivity contribution in [1.82, 2.24) is 5.01 Å². The van der Waals surface area contributed by atoms with Gasteiger partial charge in [0.15, 0.2) is 0 Å². The van der Waals surface area contributed by atoms with Crippen molar-refractivity contribution in [3.8, 4) is 0 Å². The fourth-order valence-electron chi connectivity index (χ4n) is 2.97. The van der Waals surface area contributed by atoms with Gasteiger partial charge in [0.25, 0.3) is 0 Å². The van der Waals surface area contributed by atoms with Gasteiger partial charge in [0.2, 0.25) is 5.91 Å². The number of hydrogen-bond acceptors (Lipinski definition) is 4. The monoisotopic (exact) mass is 340 g/mol. The van der Waals surface area contributed by atoms with E-state index in [4.69, 9.17) is 9.52 Å². The lowest BCUT2D eigenvalue weighted by atomic mass is 9.99. The Balaban J connectivity index is 1.83. The number of aryl methyl sites for hydroxylation is 1. The first-order chi connectivity index (χ1) is 12.0. The fourth-order valence-corrected chi connectivity index (χ4v) is 2.97. The van der Waals surface area contributed by atoms with Gasteiger partial charge in [0.1, 0.15) is 11.5 Å². The number of furan rings is 1. The molecule has 0 saturated carbocycles. The van der Waals surface area contributed by atoms with Crippen molar-refractivity contribution in [2.75, 3.05) is 0 Å². The van der Waals surface area contributed by atoms with Crippen molar-refractivity contribution in [3.63, 3.8) is 0 Å². The number of carboxylic acids is 1. The molecule has 0 aliphatic carbocycles. The Hall–Kier alpha value is -2.89. The molecule has 6 nitrogen and oxygen atoms in total. The van der Waals surface area contributed by atoms with E-state index in [1.807, 2.05) is 37.3 Å². The predicted octanol–water partition coefficient (Wildman–Crippen LogP) is 3.52. The number of rotatable bonds is 6. The van der Waals surface area contributed by atoms with Gasteiger partial charge >= 0.3 is 5.97 Å². The van der Waals surface area contributed by atoms with Gasteiger partial charge in [-0.05, 0) is 31.0 Å². The molecule has 3 rings (SSSR count). The van der Waals surface area contributed by atoms with Crippen LogP contribution >= 0.6 is 0 Å². The molecule has 0 saturated heterocycles. The number of carboxylic acid groups (broad SMARTS) is 1. The van der Waals surface area contributed by atoms with E-state index in [0.29, 0.717) is 18.6 Å². The van der Waals surface area contributed by atoms with E-state index in [1.54, 1.807) is 12.3 Å². The topological polar surface area (TPSA) is 83.1 Å². The lowest BCUT2D eigenvalue weighted by molar-refractivity contribution is -0.137. The first kappa shape index (κ1) is 17.0. The third-order valence-electron chi connectivity index (χ3n) is 4.18. The number of nitrogens with zero attached hydrogens (tertiary/aromatic N) is 2. The van der Waals surface area contributed by atoms with Gasteiger partial charge in [-0.3, -0.25) is 9.59 Å². The van der Waals surface area contributed by atoms with E-state index < -0.39 is 5.97 Å². The lowest BCUT2D eigenvalue weighted by Crippen LogP contribution is -2.27. The molecule has 130 valence electrons. The molecule has 0 fully saturated rings. The first-order valence-electron chi connectivity index (χ1n) is 8.26. The van der Waals surface area contributed by atoms with Crippen LogP contribution in [-0.2, 0) is 9.59 Å². The fraction of sp³-hybridized carbons (Fsp3) is 0.316. The Morgan fingerprint density at radius 2 is 2.12 bits per heavy atom. The normalized spacial score (nSPS) is 16.8. The van der Waals surface area contributed by atoms with E-state index >= 15 is 0 Å². The summed E-state index contributed by atoms with van der Waals surface area (Å²) < 4.78 is 5.42. The highest BCUT2D eigenvalue weighted by molar-refractivity contribution is 6.01. The zero-order valence-corrected chi connectivity index (χ0v) is 14.0. The summed E-state index contributed by atoms with van der Waals surface area (Å²) in [6.45, 7) is 2.01. The van der Waals surface area contributed by atoms with Crippen molar-refractivity contribution < 1.29 is 19.1 Å². The Bertz CT molecular complexity index is 796. The molecule has 0 unspecified atom stereocenters. The standard InChI is InChI=1S/C19H20N2O4/c1-13-5-2-6-14(11-13)16-12-15(17-7-4-10-25-17)20-21(16)18(22)8-3-9-19(23)24/h2,4-7,10-11,16H,3,8-9,12H2,1H3,(H,23,24)/t16-/m1/s1. The molecule has 1 aliphatic heterocycles. The minimum Gasteiger partial charge on any atom is -0.481 e. The maximum Gasteiger partial charge on any atom is 0.303 e. The van der Waals surface area contributed by atoms with E-state index in [1.165, 1.54) is 5.01 Å². The molecule has 1 aromatic heterocycles. The van der Waals surface area contributed by atoms with Crippen LogP contribution in [0, 0.1) is 6.92 Å². The SMILES string of the molecule is Cc1cccc([C@H]2CC(c3ccco3)=NN2C(=O)CCCC(=O)O)c1. The first-order valence-corrected chi connectivity index (χ1v) is 8.26. The number of amides is 1. The number of carbonyl (C=O) groups is 2. The van der Waals surface area contributed by atoms with Gasteiger partial charge in [-0.2, -0.15) is 5.10 Å². The van der Waals surface area contributed by atoms with Crippen LogP contribution in [0.3, 0.4) is 0 Å². The number of hydrogen-bond donors (Lipinski definition) is 1. The van der Waals surface area contributed by atoms with Crippen LogP contribution in [0.15, 0.2) is 52.2 Å². The van der Waals surface area contributed by atoms with Crippen LogP contribution < -0.4 is 0 Å². The highest BCUT2D eigenvalue weighted by Crippen LogP contribution is 2.33. The molecule has 6 heteroatoms. The van der Waals surface area contributed by atoms with Gasteiger partial charge in [-0.15, -0.1) is 0 Å². The van der Waals surface area contributed by atoms with Crippen molar-refractivity contribution in [2.24, 2.45) is 5.10 Å². The van der Waals surface area contributed by atoms with Gasteiger partial charge < -0.3 is 9.52 Å². The second kappa shape index (κ2) is 7.34. The summed E-state index contributed by atoms with van der Waals surface area (Å²) in [4.78, 5) is 23.3. The quantitative estimate of drug-likeness (QED) is 0.872. The predicted molar refractivity (Wildman–Crippen MR) is 92.1 cm³/mol. The van der Waals surface area contributed by atoms with Crippen LogP contribution in [0.2, 0.25) is 0 Å². The molecule has 0 bridgehead atoms. The number of benzene rings is 1. The molecule has 25 heavy (non-hydrogen) atoms. The number of hydrazone groups is 1. The van der Waals surface area contributed by atoms with E-state index in [-0.39, 0.29) is 24.8 Å². The molecule has 1 N–H and O–H groups in total. The molecule has 1 atom stereocenters. The largest absolute Gasteiger partial charge is 0.481 e. The van der Waals surface area contributed by atoms with Crippen molar-refractivity contribution in [1.29, 1.82) is 0 Å². The molecule has 1 amide bonds. The third kappa shape index (κ3) is 3.96. The molecule has 1 aromatic carbocycles. The Morgan fingerprint density at radius 3 is 2.80 bits per heavy atom. The molecular formula is C19H20N2O4. The summed E-state index contributed by atoms with van der Waals surface area (Å²) in [6.07, 6.45) is 2.59. The summed E-state index contributed by atoms with van der Waals surface area (Å²) in [7, 11) is 0. The molecule has 0 spiro atoms. The average molecular weight is 340 g/mol. The molecular weight excluding hydrogens is 320 g/mol. The maximum atomic E-state index is 12.6. The van der Waals surface area contributed by atoms with Crippen molar-refractivity contribution >= 4 is 17.6 Å². The average Bonchev–Trinajstić information content (AvgIpc) is 3.24. The number of carbonyl (C=O) groups excluding carboxylic acids is 1. The zero-order valence-electron chi connectivity index (χ0n) is 14.0. The van der Waals surface area contributed by atoms with Crippen LogP contribution in [-0.4, -0.2) is 27.7 Å². The smallest absolute Gasteiger partial charge is 0.303 e. The van der Waals surface area contributed by atoms with Crippen molar-refractivity contribution in [3.05, 3.63) is 59.5 Å². The van der Waals surface area contributed by atoms with Gasteiger partial charge in [-0.25, -0.2) is 5.01 Å². The summed E-state index contributed by atoms with van der Waals surface area (Å²) in [5.41, 5.74) is 2.85. The molecule has 0 radical (unpaired) electrons. The lowest BCUT2D eigenvalue weighted by Gasteiger charge is -2.22. The van der Waals surface area contributed by atoms with Gasteiger partial charge in [-0.1, -0.05) is 29.8 Å². The van der Waals surface area contributed by atoms with Crippen molar-refractivity contribution in [2.45, 2.75) is 38.6 Å². The third-order valence-corrected chi connectivity index (χ3v) is 4.18. The van der Waals surface area contributed by atoms with Gasteiger partial charge in [0.05, 0.1) is 12.3 Å². The highest BCUT2D eigenvalue weighted by Gasteiger charge is 2.33. The number of aliphatic carboxylic acids is 1. The Morgan fingerprint density at radius 1 is 1.28 bits per heavy atom. The zero-order chi connectivity index (χ0) is 17.8. The van der Waals surface area contributed by atoms with E-state index in [2.05, 4.69) is 5.10 Å². The summed E-state index contributed by atoms with van der Waals surface area (Å²) in [6, 6.07) is 11.4. The maximum absolute atomic E-state index is 12.6. The van der Waals surface area contributed by atoms with Crippen LogP contribution in [0.1, 0.15) is 48.6 Å². The summed E-state index contributed by atoms with van der Waals surface area (Å²) in [5, 5.41) is 14.7. The second-order valence-corrected chi connectivity index (χ2v) is 6.14. The van der Waals surface area contributed by atoms with E-state index in [9.17, 15) is 9.59 Å². The Kier molecular flexibility index (Phi) is 4.97. The highest BCUT2D eigenvalue weighted by atomic mass is 16.4. The van der Waals surface area contributed by atoms with E-state index in [0.717, 1.165) is 16.8 Å². The Labute approximate surface area is 145 Å². The molecule has 1 aliphatic rings. The summed E-state index contributed by atoms with van der Waals surface area (Å²) in [5.74, 6) is -0.419. The van der Waals surface area contributed by atoms with Gasteiger partial charge in [0, 0.05) is 19.3 Å². The molecule has 2 heterocycles. The minimum atomic E-state index is -0.899. The van der Waals surface area contributed by atoms with Crippen LogP contribution in [0.25, 0.3) is 0 Å². The molecule has 2 aromatic rings.